The molecular weight excluding hydrogens is 256 g/mol. The van der Waals surface area contributed by atoms with Crippen LogP contribution in [0.5, 0.6) is 0 Å². The van der Waals surface area contributed by atoms with Crippen LogP contribution in [-0.4, -0.2) is 30.1 Å². The summed E-state index contributed by atoms with van der Waals surface area (Å²) in [7, 11) is 0. The fourth-order valence-electron chi connectivity index (χ4n) is 6.81. The minimum atomic E-state index is 0.432. The van der Waals surface area contributed by atoms with E-state index in [0.717, 1.165) is 29.7 Å². The van der Waals surface area contributed by atoms with Crippen molar-refractivity contribution in [1.82, 2.24) is 4.90 Å². The summed E-state index contributed by atoms with van der Waals surface area (Å²) in [6.45, 7) is 7.28. The largest absolute Gasteiger partial charge is 0.326 e. The van der Waals surface area contributed by atoms with Crippen molar-refractivity contribution in [1.29, 1.82) is 0 Å². The van der Waals surface area contributed by atoms with Crippen molar-refractivity contribution < 1.29 is 0 Å². The second-order valence-electron chi connectivity index (χ2n) is 9.36. The SMILES string of the molecule is CC1CCN(CC(N)C23CC4CC(CC(C4)C2)C3)C(C)C1. The molecule has 0 spiro atoms. The number of rotatable bonds is 3. The van der Waals surface area contributed by atoms with Crippen LogP contribution in [-0.2, 0) is 0 Å². The highest BCUT2D eigenvalue weighted by atomic mass is 15.2. The van der Waals surface area contributed by atoms with Gasteiger partial charge in [-0.2, -0.15) is 0 Å². The molecule has 120 valence electrons. The first-order valence-electron chi connectivity index (χ1n) is 9.54. The van der Waals surface area contributed by atoms with Crippen LogP contribution in [0.3, 0.4) is 0 Å². The molecule has 0 aromatic rings. The van der Waals surface area contributed by atoms with Crippen LogP contribution in [0.1, 0.15) is 65.2 Å². The highest BCUT2D eigenvalue weighted by Crippen LogP contribution is 2.61. The Bertz CT molecular complexity index is 356. The van der Waals surface area contributed by atoms with Gasteiger partial charge in [0.25, 0.3) is 0 Å². The molecule has 1 heterocycles. The summed E-state index contributed by atoms with van der Waals surface area (Å²) in [6, 6.07) is 1.18. The first kappa shape index (κ1) is 14.5. The van der Waals surface area contributed by atoms with Gasteiger partial charge in [0, 0.05) is 18.6 Å². The van der Waals surface area contributed by atoms with E-state index in [-0.39, 0.29) is 0 Å². The third-order valence-corrected chi connectivity index (χ3v) is 7.58. The number of nitrogens with two attached hydrogens (primary N) is 1. The zero-order chi connectivity index (χ0) is 14.6. The van der Waals surface area contributed by atoms with Crippen LogP contribution >= 0.6 is 0 Å². The Morgan fingerprint density at radius 1 is 1.00 bits per heavy atom. The predicted molar refractivity (Wildman–Crippen MR) is 88.0 cm³/mol. The molecule has 3 unspecified atom stereocenters. The second kappa shape index (κ2) is 5.23. The molecule has 4 bridgehead atoms. The molecule has 5 rings (SSSR count). The van der Waals surface area contributed by atoms with Gasteiger partial charge >= 0.3 is 0 Å². The van der Waals surface area contributed by atoms with Crippen molar-refractivity contribution in [3.63, 3.8) is 0 Å². The minimum Gasteiger partial charge on any atom is -0.326 e. The maximum atomic E-state index is 6.86. The Morgan fingerprint density at radius 2 is 1.57 bits per heavy atom. The average molecular weight is 290 g/mol. The van der Waals surface area contributed by atoms with Gasteiger partial charge in [0.2, 0.25) is 0 Å². The summed E-state index contributed by atoms with van der Waals surface area (Å²) >= 11 is 0. The molecule has 1 aliphatic heterocycles. The summed E-state index contributed by atoms with van der Waals surface area (Å²) in [5.74, 6) is 4.00. The summed E-state index contributed by atoms with van der Waals surface area (Å²) in [4.78, 5) is 2.71. The quantitative estimate of drug-likeness (QED) is 0.859. The van der Waals surface area contributed by atoms with Crippen LogP contribution in [0.4, 0.5) is 0 Å². The number of piperidine rings is 1. The van der Waals surface area contributed by atoms with E-state index in [1.165, 1.54) is 64.5 Å². The first-order valence-corrected chi connectivity index (χ1v) is 9.54. The lowest BCUT2D eigenvalue weighted by atomic mass is 9.47. The van der Waals surface area contributed by atoms with Gasteiger partial charge in [-0.25, -0.2) is 0 Å². The Morgan fingerprint density at radius 3 is 2.10 bits per heavy atom. The van der Waals surface area contributed by atoms with E-state index in [2.05, 4.69) is 18.7 Å². The molecule has 3 atom stereocenters. The fourth-order valence-corrected chi connectivity index (χ4v) is 6.81. The molecule has 5 fully saturated rings. The molecule has 2 N–H and O–H groups in total. The maximum Gasteiger partial charge on any atom is 0.0225 e. The molecule has 5 aliphatic rings. The van der Waals surface area contributed by atoms with Gasteiger partial charge in [0.15, 0.2) is 0 Å². The van der Waals surface area contributed by atoms with Crippen LogP contribution in [0.15, 0.2) is 0 Å². The molecule has 4 aliphatic carbocycles. The van der Waals surface area contributed by atoms with Gasteiger partial charge < -0.3 is 5.73 Å². The van der Waals surface area contributed by atoms with E-state index < -0.39 is 0 Å². The normalized spacial score (nSPS) is 51.3. The lowest BCUT2D eigenvalue weighted by Crippen LogP contribution is -2.59. The van der Waals surface area contributed by atoms with Crippen LogP contribution < -0.4 is 5.73 Å². The molecule has 0 amide bonds. The summed E-state index contributed by atoms with van der Waals surface area (Å²) in [5.41, 5.74) is 7.38. The van der Waals surface area contributed by atoms with Crippen molar-refractivity contribution in [3.8, 4) is 0 Å². The van der Waals surface area contributed by atoms with Crippen molar-refractivity contribution in [2.24, 2.45) is 34.8 Å². The third kappa shape index (κ3) is 2.57. The molecule has 0 radical (unpaired) electrons. The van der Waals surface area contributed by atoms with Crippen molar-refractivity contribution in [3.05, 3.63) is 0 Å². The Balaban J connectivity index is 1.44. The van der Waals surface area contributed by atoms with E-state index >= 15 is 0 Å². The van der Waals surface area contributed by atoms with Crippen LogP contribution in [0.25, 0.3) is 0 Å². The zero-order valence-electron chi connectivity index (χ0n) is 14.1. The Kier molecular flexibility index (Phi) is 3.61. The summed E-state index contributed by atoms with van der Waals surface area (Å²) in [5, 5.41) is 0. The molecule has 21 heavy (non-hydrogen) atoms. The molecular formula is C19H34N2. The number of nitrogens with zero attached hydrogens (tertiary/aromatic N) is 1. The molecule has 2 heteroatoms. The summed E-state index contributed by atoms with van der Waals surface area (Å²) in [6.07, 6.45) is 11.7. The van der Waals surface area contributed by atoms with Crippen molar-refractivity contribution in [2.75, 3.05) is 13.1 Å². The number of likely N-dealkylation sites (tertiary alicyclic amines) is 1. The van der Waals surface area contributed by atoms with Crippen LogP contribution in [0.2, 0.25) is 0 Å². The fraction of sp³-hybridized carbons (Fsp3) is 1.00. The topological polar surface area (TPSA) is 29.3 Å². The third-order valence-electron chi connectivity index (χ3n) is 7.58. The lowest BCUT2D eigenvalue weighted by Gasteiger charge is -2.59. The zero-order valence-corrected chi connectivity index (χ0v) is 14.1. The standard InChI is InChI=1S/C19H34N2/c1-13-3-4-21(14(2)5-13)12-18(20)19-9-15-6-16(10-19)8-17(7-15)11-19/h13-18H,3-12,20H2,1-2H3. The molecule has 1 saturated heterocycles. The first-order chi connectivity index (χ1) is 10.0. The van der Waals surface area contributed by atoms with E-state index in [0.29, 0.717) is 11.5 Å². The van der Waals surface area contributed by atoms with Crippen molar-refractivity contribution >= 4 is 0 Å². The Hall–Kier alpha value is -0.0800. The number of hydrogen-bond donors (Lipinski definition) is 1. The van der Waals surface area contributed by atoms with E-state index in [4.69, 9.17) is 5.73 Å². The summed E-state index contributed by atoms with van der Waals surface area (Å²) < 4.78 is 0. The van der Waals surface area contributed by atoms with Gasteiger partial charge in [-0.1, -0.05) is 6.92 Å². The maximum absolute atomic E-state index is 6.86. The van der Waals surface area contributed by atoms with Gasteiger partial charge in [0.05, 0.1) is 0 Å². The monoisotopic (exact) mass is 290 g/mol. The lowest BCUT2D eigenvalue weighted by molar-refractivity contribution is -0.0744. The van der Waals surface area contributed by atoms with Gasteiger partial charge in [-0.15, -0.1) is 0 Å². The minimum absolute atomic E-state index is 0.432. The molecule has 4 saturated carbocycles. The molecule has 0 aromatic heterocycles. The van der Waals surface area contributed by atoms with Crippen LogP contribution in [0, 0.1) is 29.1 Å². The number of hydrogen-bond acceptors (Lipinski definition) is 2. The van der Waals surface area contributed by atoms with Crippen molar-refractivity contribution in [2.45, 2.75) is 77.3 Å². The van der Waals surface area contributed by atoms with E-state index in [1.807, 2.05) is 0 Å². The van der Waals surface area contributed by atoms with Gasteiger partial charge in [0.1, 0.15) is 0 Å². The molecule has 0 aromatic carbocycles. The predicted octanol–water partition coefficient (Wildman–Crippen LogP) is 3.65. The second-order valence-corrected chi connectivity index (χ2v) is 9.36. The highest BCUT2D eigenvalue weighted by Gasteiger charge is 2.53. The van der Waals surface area contributed by atoms with E-state index in [9.17, 15) is 0 Å². The van der Waals surface area contributed by atoms with E-state index in [1.54, 1.807) is 0 Å². The van der Waals surface area contributed by atoms with Gasteiger partial charge in [-0.3, -0.25) is 4.90 Å². The smallest absolute Gasteiger partial charge is 0.0225 e. The Labute approximate surface area is 130 Å². The average Bonchev–Trinajstić information content (AvgIpc) is 2.40. The highest BCUT2D eigenvalue weighted by molar-refractivity contribution is 5.06. The molecule has 2 nitrogen and oxygen atoms in total. The van der Waals surface area contributed by atoms with Gasteiger partial charge in [-0.05, 0) is 93.9 Å².